The minimum atomic E-state index is -1.07. The van der Waals surface area contributed by atoms with Crippen LogP contribution in [-0.4, -0.2) is 109 Å². The van der Waals surface area contributed by atoms with Crippen molar-refractivity contribution >= 4 is 50.1 Å². The Kier molecular flexibility index (Phi) is 10.00. The number of hydrogen-bond donors (Lipinski definition) is 2. The second-order valence-electron chi connectivity index (χ2n) is 19.2. The van der Waals surface area contributed by atoms with Crippen molar-refractivity contribution < 1.29 is 14.6 Å². The van der Waals surface area contributed by atoms with Crippen molar-refractivity contribution in [2.45, 2.75) is 91.2 Å². The summed E-state index contributed by atoms with van der Waals surface area (Å²) in [4.78, 5) is 29.6. The molecule has 13 nitrogen and oxygen atoms in total. The number of aromatic carboxylic acids is 1. The Morgan fingerprint density at radius 2 is 1.85 bits per heavy atom. The molecule has 5 unspecified atom stereocenters. The summed E-state index contributed by atoms with van der Waals surface area (Å²) in [5.74, 6) is 2.06. The number of benzene rings is 1. The van der Waals surface area contributed by atoms with Gasteiger partial charge < -0.3 is 25.0 Å². The Bertz CT molecular complexity index is 2410. The fourth-order valence-corrected chi connectivity index (χ4v) is 13.3. The average molecular weight is 831 g/mol. The van der Waals surface area contributed by atoms with E-state index in [1.807, 2.05) is 41.4 Å². The third-order valence-electron chi connectivity index (χ3n) is 15.0. The van der Waals surface area contributed by atoms with Crippen LogP contribution in [0.1, 0.15) is 86.1 Å². The van der Waals surface area contributed by atoms with Crippen LogP contribution in [0.3, 0.4) is 0 Å². The van der Waals surface area contributed by atoms with Crippen molar-refractivity contribution in [1.29, 1.82) is 0 Å². The number of carboxylic acids is 1. The van der Waals surface area contributed by atoms with Gasteiger partial charge in [0, 0.05) is 73.8 Å². The topological polar surface area (TPSA) is 138 Å². The summed E-state index contributed by atoms with van der Waals surface area (Å²) in [5.41, 5.74) is 5.62. The molecule has 0 amide bonds. The number of carbonyl (C=O) groups is 1. The van der Waals surface area contributed by atoms with E-state index in [-0.39, 0.29) is 22.1 Å². The zero-order valence-corrected chi connectivity index (χ0v) is 36.5. The molecule has 0 spiro atoms. The third-order valence-corrected chi connectivity index (χ3v) is 15.9. The second-order valence-corrected chi connectivity index (χ2v) is 20.3. The van der Waals surface area contributed by atoms with E-state index >= 15 is 0 Å². The number of fused-ring (bicyclic) bond motifs is 4. The average Bonchev–Trinajstić information content (AvgIpc) is 3.80. The number of ether oxygens (including phenoxy) is 1. The summed E-state index contributed by atoms with van der Waals surface area (Å²) in [5, 5.41) is 29.1. The number of hydrogen-bond acceptors (Lipinski definition) is 12. The molecule has 0 radical (unpaired) electrons. The number of para-hydroxylation sites is 1. The van der Waals surface area contributed by atoms with Gasteiger partial charge in [-0.2, -0.15) is 5.10 Å². The highest BCUT2D eigenvalue weighted by Crippen LogP contribution is 2.68. The Balaban J connectivity index is 0.901. The van der Waals surface area contributed by atoms with Crippen LogP contribution < -0.4 is 10.2 Å². The van der Waals surface area contributed by atoms with Crippen molar-refractivity contribution in [2.75, 3.05) is 63.1 Å². The number of aromatic nitrogens is 6. The Hall–Kier alpha value is -4.50. The normalized spacial score (nSPS) is 28.0. The standard InChI is InChI=1S/C46H58N10O3S/c1-29-23-46(59-22-21-54-19-17-53(5)18-20-54)26-44(4)15-14-35(29)45(25-44,27-46)28-56-31(3)34(24-47-56)33-12-13-38(49-39(33)42(57)58)55-16-8-9-32-30(2)40(51-52-41(32)55)50-43-48-36-10-6-7-11-37(36)60-43/h6-7,10-13,24,29,35H,8-9,14-23,25-28H2,1-5H3,(H,57,58)(H,48,50,51). The zero-order chi connectivity index (χ0) is 41.4. The quantitative estimate of drug-likeness (QED) is 0.133. The first kappa shape index (κ1) is 39.6. The van der Waals surface area contributed by atoms with E-state index in [0.29, 0.717) is 41.4 Å². The van der Waals surface area contributed by atoms with Crippen molar-refractivity contribution in [2.24, 2.45) is 22.7 Å². The van der Waals surface area contributed by atoms with Gasteiger partial charge in [0.25, 0.3) is 0 Å². The first-order valence-electron chi connectivity index (χ1n) is 22.0. The monoisotopic (exact) mass is 830 g/mol. The van der Waals surface area contributed by atoms with Gasteiger partial charge >= 0.3 is 5.97 Å². The fourth-order valence-electron chi connectivity index (χ4n) is 12.4. The Morgan fingerprint density at radius 3 is 2.67 bits per heavy atom. The lowest BCUT2D eigenvalue weighted by molar-refractivity contribution is -0.229. The molecule has 4 aromatic heterocycles. The predicted molar refractivity (Wildman–Crippen MR) is 236 cm³/mol. The van der Waals surface area contributed by atoms with Crippen LogP contribution in [0.4, 0.5) is 22.6 Å². The Labute approximate surface area is 356 Å². The molecule has 1 saturated heterocycles. The van der Waals surface area contributed by atoms with Gasteiger partial charge in [-0.15, -0.1) is 10.2 Å². The smallest absolute Gasteiger partial charge is 0.355 e. The van der Waals surface area contributed by atoms with Crippen LogP contribution >= 0.6 is 11.3 Å². The predicted octanol–water partition coefficient (Wildman–Crippen LogP) is 8.12. The summed E-state index contributed by atoms with van der Waals surface area (Å²) in [6, 6.07) is 11.9. The van der Waals surface area contributed by atoms with Crippen LogP contribution in [0.2, 0.25) is 0 Å². The number of nitrogens with zero attached hydrogens (tertiary/aromatic N) is 9. The zero-order valence-electron chi connectivity index (χ0n) is 35.7. The maximum atomic E-state index is 13.0. The molecule has 60 heavy (non-hydrogen) atoms. The molecule has 10 rings (SSSR count). The van der Waals surface area contributed by atoms with Gasteiger partial charge in [0.15, 0.2) is 22.5 Å². The lowest BCUT2D eigenvalue weighted by atomic mass is 9.42. The molecule has 316 valence electrons. The van der Waals surface area contributed by atoms with Crippen LogP contribution in [0.15, 0.2) is 42.6 Å². The maximum absolute atomic E-state index is 13.0. The largest absolute Gasteiger partial charge is 0.476 e. The lowest BCUT2D eigenvalue weighted by Crippen LogP contribution is -2.63. The van der Waals surface area contributed by atoms with E-state index < -0.39 is 5.97 Å². The van der Waals surface area contributed by atoms with Gasteiger partial charge in [-0.3, -0.25) is 9.58 Å². The van der Waals surface area contributed by atoms with Crippen LogP contribution in [0.5, 0.6) is 0 Å². The molecule has 6 heterocycles. The number of carboxylic acid groups (broad SMARTS) is 1. The van der Waals surface area contributed by atoms with Crippen molar-refractivity contribution in [1.82, 2.24) is 39.7 Å². The highest BCUT2D eigenvalue weighted by Gasteiger charge is 2.63. The molecule has 14 heteroatoms. The highest BCUT2D eigenvalue weighted by molar-refractivity contribution is 7.22. The molecule has 3 saturated carbocycles. The van der Waals surface area contributed by atoms with E-state index in [1.165, 1.54) is 19.3 Å². The molecule has 5 atom stereocenters. The third kappa shape index (κ3) is 7.06. The first-order chi connectivity index (χ1) is 28.9. The fraction of sp³-hybridized carbons (Fsp3) is 0.565. The van der Waals surface area contributed by atoms with E-state index in [9.17, 15) is 9.90 Å². The molecule has 3 aliphatic carbocycles. The summed E-state index contributed by atoms with van der Waals surface area (Å²) < 4.78 is 10.4. The number of nitrogens with one attached hydrogen (secondary N) is 1. The molecule has 3 bridgehead atoms. The second kappa shape index (κ2) is 15.1. The van der Waals surface area contributed by atoms with E-state index in [1.54, 1.807) is 11.3 Å². The van der Waals surface area contributed by atoms with Crippen molar-refractivity contribution in [3.63, 3.8) is 0 Å². The van der Waals surface area contributed by atoms with Gasteiger partial charge in [0.05, 0.1) is 28.6 Å². The SMILES string of the molecule is Cc1c(Nc2nc3ccccc3s2)nnc2c1CCCN2c1ccc(-c2cnn(CC34CC5(C)CCC3C(C)CC(OCCN3CCN(C)CC3)(C5)C4)c2C)c(C(=O)O)n1. The molecule has 4 fully saturated rings. The Morgan fingerprint density at radius 1 is 1.02 bits per heavy atom. The van der Waals surface area contributed by atoms with Gasteiger partial charge in [0.1, 0.15) is 5.82 Å². The number of anilines is 4. The van der Waals surface area contributed by atoms with Crippen LogP contribution in [0.25, 0.3) is 21.3 Å². The molecule has 2 aliphatic heterocycles. The summed E-state index contributed by atoms with van der Waals surface area (Å²) >= 11 is 1.58. The number of pyridine rings is 1. The molecule has 5 aliphatic rings. The summed E-state index contributed by atoms with van der Waals surface area (Å²) in [7, 11) is 2.21. The van der Waals surface area contributed by atoms with E-state index in [4.69, 9.17) is 19.8 Å². The number of thiazole rings is 1. The van der Waals surface area contributed by atoms with Gasteiger partial charge in [-0.05, 0) is 119 Å². The minimum Gasteiger partial charge on any atom is -0.476 e. The molecular weight excluding hydrogens is 773 g/mol. The van der Waals surface area contributed by atoms with Crippen molar-refractivity contribution in [3.05, 3.63) is 65.1 Å². The summed E-state index contributed by atoms with van der Waals surface area (Å²) in [6.07, 6.45) is 10.6. The number of rotatable bonds is 11. The van der Waals surface area contributed by atoms with Crippen LogP contribution in [0, 0.1) is 36.5 Å². The molecule has 2 N–H and O–H groups in total. The maximum Gasteiger partial charge on any atom is 0.355 e. The van der Waals surface area contributed by atoms with Crippen molar-refractivity contribution in [3.8, 4) is 11.1 Å². The van der Waals surface area contributed by atoms with Crippen LogP contribution in [-0.2, 0) is 17.7 Å². The highest BCUT2D eigenvalue weighted by atomic mass is 32.1. The number of piperazine rings is 1. The van der Waals surface area contributed by atoms with E-state index in [0.717, 1.165) is 116 Å². The first-order valence-corrected chi connectivity index (χ1v) is 22.8. The summed E-state index contributed by atoms with van der Waals surface area (Å²) in [6.45, 7) is 16.9. The minimum absolute atomic E-state index is 0.0162. The molecule has 1 aromatic carbocycles. The van der Waals surface area contributed by atoms with Gasteiger partial charge in [-0.1, -0.05) is 37.3 Å². The number of likely N-dealkylation sites (N-methyl/N-ethyl adjacent to an activating group) is 1. The molecular formula is C46H58N10O3S. The van der Waals surface area contributed by atoms with Gasteiger partial charge in [0.2, 0.25) is 0 Å². The van der Waals surface area contributed by atoms with E-state index in [2.05, 4.69) is 70.8 Å². The molecule has 5 aromatic rings. The lowest BCUT2D eigenvalue weighted by Gasteiger charge is -2.66. The van der Waals surface area contributed by atoms with Gasteiger partial charge in [-0.25, -0.2) is 14.8 Å².